The lowest BCUT2D eigenvalue weighted by molar-refractivity contribution is -0.127. The van der Waals surface area contributed by atoms with Crippen molar-refractivity contribution >= 4 is 5.91 Å². The maximum Gasteiger partial charge on any atom is 0.223 e. The Kier molecular flexibility index (Phi) is 6.43. The number of carbonyl (C=O) groups excluding carboxylic acids is 1. The minimum absolute atomic E-state index is 0.213. The zero-order chi connectivity index (χ0) is 17.6. The molecule has 25 heavy (non-hydrogen) atoms. The van der Waals surface area contributed by atoms with Crippen LogP contribution in [0.25, 0.3) is 0 Å². The van der Waals surface area contributed by atoms with Gasteiger partial charge in [-0.2, -0.15) is 0 Å². The first kappa shape index (κ1) is 18.3. The van der Waals surface area contributed by atoms with Crippen LogP contribution in [-0.2, 0) is 11.3 Å². The van der Waals surface area contributed by atoms with E-state index in [1.54, 1.807) is 0 Å². The van der Waals surface area contributed by atoms with E-state index in [1.165, 1.54) is 5.56 Å². The fraction of sp³-hybridized carbons (Fsp3) is 0.700. The predicted octanol–water partition coefficient (Wildman–Crippen LogP) is 2.28. The Morgan fingerprint density at radius 2 is 1.76 bits per heavy atom. The summed E-state index contributed by atoms with van der Waals surface area (Å²) in [6.45, 7) is 9.68. The van der Waals surface area contributed by atoms with Gasteiger partial charge in [-0.05, 0) is 70.3 Å². The number of nitrogens with one attached hydrogen (secondary N) is 1. The minimum atomic E-state index is 0.213. The van der Waals surface area contributed by atoms with E-state index in [0.717, 1.165) is 58.4 Å². The molecule has 0 bridgehead atoms. The van der Waals surface area contributed by atoms with E-state index in [1.807, 2.05) is 12.4 Å². The SMILES string of the molecule is CC(C)N1CCC(C(=O)NC2CCN(Cc3ccncc3)CC2)CC1. The van der Waals surface area contributed by atoms with Crippen LogP contribution >= 0.6 is 0 Å². The summed E-state index contributed by atoms with van der Waals surface area (Å²) in [5.41, 5.74) is 1.31. The molecule has 0 atom stereocenters. The number of nitrogens with zero attached hydrogens (tertiary/aromatic N) is 3. The maximum atomic E-state index is 12.6. The largest absolute Gasteiger partial charge is 0.353 e. The Balaban J connectivity index is 1.38. The molecule has 1 N–H and O–H groups in total. The standard InChI is InChI=1S/C20H32N4O/c1-16(2)24-13-5-18(6-14-24)20(25)22-19-7-11-23(12-8-19)15-17-3-9-21-10-4-17/h3-4,9-10,16,18-19H,5-8,11-15H2,1-2H3,(H,22,25). The highest BCUT2D eigenvalue weighted by atomic mass is 16.1. The highest BCUT2D eigenvalue weighted by Gasteiger charge is 2.28. The third-order valence-corrected chi connectivity index (χ3v) is 5.72. The molecule has 5 nitrogen and oxygen atoms in total. The molecule has 138 valence electrons. The first-order valence-corrected chi connectivity index (χ1v) is 9.77. The van der Waals surface area contributed by atoms with Gasteiger partial charge in [0.2, 0.25) is 5.91 Å². The smallest absolute Gasteiger partial charge is 0.223 e. The number of pyridine rings is 1. The van der Waals surface area contributed by atoms with Crippen LogP contribution in [0.3, 0.4) is 0 Å². The Labute approximate surface area is 151 Å². The van der Waals surface area contributed by atoms with Crippen LogP contribution in [-0.4, -0.2) is 59.0 Å². The first-order chi connectivity index (χ1) is 12.1. The van der Waals surface area contributed by atoms with Crippen molar-refractivity contribution in [3.05, 3.63) is 30.1 Å². The van der Waals surface area contributed by atoms with Gasteiger partial charge in [-0.15, -0.1) is 0 Å². The van der Waals surface area contributed by atoms with Gasteiger partial charge in [-0.3, -0.25) is 14.7 Å². The second-order valence-corrected chi connectivity index (χ2v) is 7.82. The Hall–Kier alpha value is -1.46. The van der Waals surface area contributed by atoms with Gasteiger partial charge in [0, 0.05) is 50.0 Å². The zero-order valence-electron chi connectivity index (χ0n) is 15.7. The van der Waals surface area contributed by atoms with E-state index in [4.69, 9.17) is 0 Å². The molecule has 1 amide bonds. The second-order valence-electron chi connectivity index (χ2n) is 7.82. The molecule has 3 heterocycles. The average Bonchev–Trinajstić information content (AvgIpc) is 2.64. The van der Waals surface area contributed by atoms with Crippen molar-refractivity contribution in [2.75, 3.05) is 26.2 Å². The summed E-state index contributed by atoms with van der Waals surface area (Å²) in [7, 11) is 0. The fourth-order valence-electron chi connectivity index (χ4n) is 3.98. The summed E-state index contributed by atoms with van der Waals surface area (Å²) >= 11 is 0. The van der Waals surface area contributed by atoms with Crippen LogP contribution in [0.5, 0.6) is 0 Å². The summed E-state index contributed by atoms with van der Waals surface area (Å²) in [6, 6.07) is 5.10. The van der Waals surface area contributed by atoms with E-state index < -0.39 is 0 Å². The predicted molar refractivity (Wildman–Crippen MR) is 100 cm³/mol. The lowest BCUT2D eigenvalue weighted by atomic mass is 9.94. The van der Waals surface area contributed by atoms with E-state index in [-0.39, 0.29) is 11.8 Å². The van der Waals surface area contributed by atoms with Crippen molar-refractivity contribution < 1.29 is 4.79 Å². The number of likely N-dealkylation sites (tertiary alicyclic amines) is 2. The van der Waals surface area contributed by atoms with Gasteiger partial charge in [0.25, 0.3) is 0 Å². The minimum Gasteiger partial charge on any atom is -0.353 e. The van der Waals surface area contributed by atoms with Crippen LogP contribution in [0.2, 0.25) is 0 Å². The monoisotopic (exact) mass is 344 g/mol. The van der Waals surface area contributed by atoms with Gasteiger partial charge >= 0.3 is 0 Å². The lowest BCUT2D eigenvalue weighted by Crippen LogP contribution is -2.48. The molecule has 5 heteroatoms. The molecule has 0 unspecified atom stereocenters. The van der Waals surface area contributed by atoms with Gasteiger partial charge in [0.1, 0.15) is 0 Å². The van der Waals surface area contributed by atoms with Crippen LogP contribution in [0.15, 0.2) is 24.5 Å². The number of hydrogen-bond acceptors (Lipinski definition) is 4. The lowest BCUT2D eigenvalue weighted by Gasteiger charge is -2.36. The molecule has 1 aromatic rings. The highest BCUT2D eigenvalue weighted by Crippen LogP contribution is 2.20. The molecule has 0 saturated carbocycles. The van der Waals surface area contributed by atoms with Crippen molar-refractivity contribution in [2.45, 2.75) is 58.2 Å². The number of rotatable bonds is 5. The number of carbonyl (C=O) groups is 1. The number of piperidine rings is 2. The molecule has 0 aromatic carbocycles. The van der Waals surface area contributed by atoms with Gasteiger partial charge in [0.15, 0.2) is 0 Å². The molecule has 0 radical (unpaired) electrons. The van der Waals surface area contributed by atoms with Crippen molar-refractivity contribution in [1.82, 2.24) is 20.1 Å². The van der Waals surface area contributed by atoms with Crippen LogP contribution < -0.4 is 5.32 Å². The highest BCUT2D eigenvalue weighted by molar-refractivity contribution is 5.79. The molecular weight excluding hydrogens is 312 g/mol. The van der Waals surface area contributed by atoms with Crippen LogP contribution in [0.4, 0.5) is 0 Å². The number of amides is 1. The molecule has 0 aliphatic carbocycles. The Bertz CT molecular complexity index is 532. The molecule has 3 rings (SSSR count). The summed E-state index contributed by atoms with van der Waals surface area (Å²) in [5, 5.41) is 3.32. The molecular formula is C20H32N4O. The van der Waals surface area contributed by atoms with Crippen LogP contribution in [0, 0.1) is 5.92 Å². The van der Waals surface area contributed by atoms with E-state index in [2.05, 4.69) is 46.1 Å². The van der Waals surface area contributed by atoms with Crippen LogP contribution in [0.1, 0.15) is 45.1 Å². The normalized spacial score (nSPS) is 21.6. The number of aromatic nitrogens is 1. The first-order valence-electron chi connectivity index (χ1n) is 9.77. The Morgan fingerprint density at radius 3 is 2.36 bits per heavy atom. The third kappa shape index (κ3) is 5.25. The summed E-state index contributed by atoms with van der Waals surface area (Å²) in [5.74, 6) is 0.501. The molecule has 2 fully saturated rings. The van der Waals surface area contributed by atoms with Gasteiger partial charge in [-0.1, -0.05) is 0 Å². The zero-order valence-corrected chi connectivity index (χ0v) is 15.7. The van der Waals surface area contributed by atoms with Crippen molar-refractivity contribution in [3.8, 4) is 0 Å². The van der Waals surface area contributed by atoms with E-state index in [9.17, 15) is 4.79 Å². The van der Waals surface area contributed by atoms with Crippen molar-refractivity contribution in [3.63, 3.8) is 0 Å². The fourth-order valence-corrected chi connectivity index (χ4v) is 3.98. The van der Waals surface area contributed by atoms with Gasteiger partial charge < -0.3 is 10.2 Å². The average molecular weight is 345 g/mol. The third-order valence-electron chi connectivity index (χ3n) is 5.72. The van der Waals surface area contributed by atoms with E-state index in [0.29, 0.717) is 12.1 Å². The summed E-state index contributed by atoms with van der Waals surface area (Å²) in [6.07, 6.45) is 7.83. The summed E-state index contributed by atoms with van der Waals surface area (Å²) < 4.78 is 0. The van der Waals surface area contributed by atoms with Gasteiger partial charge in [0.05, 0.1) is 0 Å². The maximum absolute atomic E-state index is 12.6. The molecule has 0 spiro atoms. The molecule has 1 aromatic heterocycles. The second kappa shape index (κ2) is 8.77. The summed E-state index contributed by atoms with van der Waals surface area (Å²) in [4.78, 5) is 21.6. The van der Waals surface area contributed by atoms with E-state index >= 15 is 0 Å². The van der Waals surface area contributed by atoms with Gasteiger partial charge in [-0.25, -0.2) is 0 Å². The quantitative estimate of drug-likeness (QED) is 0.890. The number of hydrogen-bond donors (Lipinski definition) is 1. The van der Waals surface area contributed by atoms with Crippen molar-refractivity contribution in [2.24, 2.45) is 5.92 Å². The molecule has 2 saturated heterocycles. The Morgan fingerprint density at radius 1 is 1.12 bits per heavy atom. The topological polar surface area (TPSA) is 48.5 Å². The van der Waals surface area contributed by atoms with Crippen molar-refractivity contribution in [1.29, 1.82) is 0 Å². The molecule has 2 aliphatic rings. The molecule has 2 aliphatic heterocycles.